The van der Waals surface area contributed by atoms with Crippen molar-refractivity contribution in [3.63, 3.8) is 0 Å². The molecule has 0 saturated carbocycles. The van der Waals surface area contributed by atoms with Crippen molar-refractivity contribution >= 4 is 6.09 Å². The predicted octanol–water partition coefficient (Wildman–Crippen LogP) is 3.57. The average Bonchev–Trinajstić information content (AvgIpc) is 2.36. The van der Waals surface area contributed by atoms with Crippen LogP contribution in [0.2, 0.25) is 0 Å². The minimum Gasteiger partial charge on any atom is -0.465 e. The standard InChI is InChI=1S/C16H25NO3/c1-16(2,3)11-7-10-13(17-15(19)20)14(18)12-8-5-4-6-9-12/h4-6,8-9,13-14,17-18H,7,10-11H2,1-3H3,(H,19,20)/t13-,14-/m0/s1. The Morgan fingerprint density at radius 3 is 2.35 bits per heavy atom. The molecule has 3 N–H and O–H groups in total. The number of rotatable bonds is 6. The van der Waals surface area contributed by atoms with Crippen molar-refractivity contribution in [2.45, 2.75) is 52.2 Å². The summed E-state index contributed by atoms with van der Waals surface area (Å²) < 4.78 is 0. The molecule has 1 aromatic carbocycles. The Morgan fingerprint density at radius 1 is 1.25 bits per heavy atom. The molecule has 1 amide bonds. The molecule has 4 nitrogen and oxygen atoms in total. The average molecular weight is 279 g/mol. The van der Waals surface area contributed by atoms with Gasteiger partial charge in [0, 0.05) is 0 Å². The third-order valence-corrected chi connectivity index (χ3v) is 3.27. The second-order valence-corrected chi connectivity index (χ2v) is 6.36. The lowest BCUT2D eigenvalue weighted by molar-refractivity contribution is 0.113. The van der Waals surface area contributed by atoms with Gasteiger partial charge in [-0.25, -0.2) is 4.79 Å². The van der Waals surface area contributed by atoms with Gasteiger partial charge in [0.2, 0.25) is 0 Å². The second-order valence-electron chi connectivity index (χ2n) is 6.36. The van der Waals surface area contributed by atoms with Gasteiger partial charge in [-0.3, -0.25) is 0 Å². The summed E-state index contributed by atoms with van der Waals surface area (Å²) in [5.41, 5.74) is 0.952. The van der Waals surface area contributed by atoms with E-state index in [1.165, 1.54) is 0 Å². The van der Waals surface area contributed by atoms with Crippen LogP contribution < -0.4 is 5.32 Å². The maximum Gasteiger partial charge on any atom is 0.404 e. The van der Waals surface area contributed by atoms with E-state index in [1.807, 2.05) is 30.3 Å². The van der Waals surface area contributed by atoms with E-state index >= 15 is 0 Å². The van der Waals surface area contributed by atoms with E-state index in [0.717, 1.165) is 18.4 Å². The quantitative estimate of drug-likeness (QED) is 0.745. The van der Waals surface area contributed by atoms with Gasteiger partial charge in [0.05, 0.1) is 12.1 Å². The van der Waals surface area contributed by atoms with Crippen LogP contribution in [-0.4, -0.2) is 22.3 Å². The topological polar surface area (TPSA) is 69.6 Å². The lowest BCUT2D eigenvalue weighted by Crippen LogP contribution is -2.38. The number of carboxylic acid groups (broad SMARTS) is 1. The van der Waals surface area contributed by atoms with E-state index in [2.05, 4.69) is 26.1 Å². The van der Waals surface area contributed by atoms with E-state index in [-0.39, 0.29) is 5.41 Å². The highest BCUT2D eigenvalue weighted by atomic mass is 16.4. The predicted molar refractivity (Wildman–Crippen MR) is 79.7 cm³/mol. The van der Waals surface area contributed by atoms with Crippen molar-refractivity contribution in [2.75, 3.05) is 0 Å². The molecule has 20 heavy (non-hydrogen) atoms. The van der Waals surface area contributed by atoms with Crippen LogP contribution in [0.1, 0.15) is 51.7 Å². The van der Waals surface area contributed by atoms with Crippen LogP contribution in [0.25, 0.3) is 0 Å². The number of carbonyl (C=O) groups is 1. The smallest absolute Gasteiger partial charge is 0.404 e. The number of amides is 1. The van der Waals surface area contributed by atoms with Gasteiger partial charge in [0.25, 0.3) is 0 Å². The Balaban J connectivity index is 2.66. The summed E-state index contributed by atoms with van der Waals surface area (Å²) >= 11 is 0. The van der Waals surface area contributed by atoms with Gasteiger partial charge in [-0.1, -0.05) is 57.5 Å². The Hall–Kier alpha value is -1.55. The number of nitrogens with one attached hydrogen (secondary N) is 1. The highest BCUT2D eigenvalue weighted by molar-refractivity contribution is 5.65. The molecule has 0 fully saturated rings. The van der Waals surface area contributed by atoms with Crippen molar-refractivity contribution in [3.8, 4) is 0 Å². The number of hydrogen-bond donors (Lipinski definition) is 3. The molecule has 0 spiro atoms. The van der Waals surface area contributed by atoms with Crippen LogP contribution in [0, 0.1) is 5.41 Å². The second kappa shape index (κ2) is 7.29. The largest absolute Gasteiger partial charge is 0.465 e. The molecule has 0 aromatic heterocycles. The highest BCUT2D eigenvalue weighted by Crippen LogP contribution is 2.25. The van der Waals surface area contributed by atoms with Crippen LogP contribution in [0.15, 0.2) is 30.3 Å². The minimum atomic E-state index is -1.10. The monoisotopic (exact) mass is 279 g/mol. The molecule has 0 saturated heterocycles. The fourth-order valence-electron chi connectivity index (χ4n) is 2.20. The maximum absolute atomic E-state index is 10.9. The van der Waals surface area contributed by atoms with Gasteiger partial charge < -0.3 is 15.5 Å². The summed E-state index contributed by atoms with van der Waals surface area (Å²) in [6, 6.07) is 8.69. The van der Waals surface area contributed by atoms with E-state index in [0.29, 0.717) is 6.42 Å². The first kappa shape index (κ1) is 16.5. The molecular formula is C16H25NO3. The van der Waals surface area contributed by atoms with Crippen LogP contribution in [0.5, 0.6) is 0 Å². The first-order valence-corrected chi connectivity index (χ1v) is 7.02. The molecule has 0 unspecified atom stereocenters. The fourth-order valence-corrected chi connectivity index (χ4v) is 2.20. The molecule has 0 bridgehead atoms. The summed E-state index contributed by atoms with van der Waals surface area (Å²) in [4.78, 5) is 10.9. The molecule has 112 valence electrons. The van der Waals surface area contributed by atoms with Gasteiger partial charge in [0.15, 0.2) is 0 Å². The molecule has 0 aliphatic heterocycles. The van der Waals surface area contributed by atoms with E-state index < -0.39 is 18.2 Å². The van der Waals surface area contributed by atoms with Gasteiger partial charge >= 0.3 is 6.09 Å². The van der Waals surface area contributed by atoms with Crippen molar-refractivity contribution < 1.29 is 15.0 Å². The minimum absolute atomic E-state index is 0.214. The first-order valence-electron chi connectivity index (χ1n) is 7.02. The lowest BCUT2D eigenvalue weighted by atomic mass is 9.88. The third kappa shape index (κ3) is 6.06. The molecule has 1 aromatic rings. The van der Waals surface area contributed by atoms with Gasteiger partial charge in [-0.2, -0.15) is 0 Å². The number of benzene rings is 1. The fraction of sp³-hybridized carbons (Fsp3) is 0.562. The summed E-state index contributed by atoms with van der Waals surface area (Å²) in [5.74, 6) is 0. The molecular weight excluding hydrogens is 254 g/mol. The van der Waals surface area contributed by atoms with Gasteiger partial charge in [0.1, 0.15) is 0 Å². The Bertz CT molecular complexity index is 411. The van der Waals surface area contributed by atoms with Crippen LogP contribution >= 0.6 is 0 Å². The number of aliphatic hydroxyl groups is 1. The van der Waals surface area contributed by atoms with Gasteiger partial charge in [-0.15, -0.1) is 0 Å². The zero-order valence-corrected chi connectivity index (χ0v) is 12.5. The Labute approximate surface area is 120 Å². The van der Waals surface area contributed by atoms with E-state index in [1.54, 1.807) is 0 Å². The SMILES string of the molecule is CC(C)(C)CCC[C@H](NC(=O)O)[C@@H](O)c1ccccc1. The van der Waals surface area contributed by atoms with Crippen LogP contribution in [-0.2, 0) is 0 Å². The molecule has 0 aliphatic carbocycles. The zero-order chi connectivity index (χ0) is 15.2. The van der Waals surface area contributed by atoms with Gasteiger partial charge in [-0.05, 0) is 23.8 Å². The molecule has 0 radical (unpaired) electrons. The summed E-state index contributed by atoms with van der Waals surface area (Å²) in [6.07, 6.45) is 0.581. The van der Waals surface area contributed by atoms with Crippen molar-refractivity contribution in [1.82, 2.24) is 5.32 Å². The van der Waals surface area contributed by atoms with E-state index in [9.17, 15) is 9.90 Å². The van der Waals surface area contributed by atoms with Crippen LogP contribution in [0.3, 0.4) is 0 Å². The summed E-state index contributed by atoms with van der Waals surface area (Å²) in [7, 11) is 0. The molecule has 4 heteroatoms. The normalized spacial score (nSPS) is 14.6. The first-order chi connectivity index (χ1) is 9.29. The Morgan fingerprint density at radius 2 is 1.85 bits per heavy atom. The molecule has 0 aliphatic rings. The maximum atomic E-state index is 10.9. The van der Waals surface area contributed by atoms with E-state index in [4.69, 9.17) is 5.11 Å². The molecule has 1 rings (SSSR count). The van der Waals surface area contributed by atoms with Crippen molar-refractivity contribution in [1.29, 1.82) is 0 Å². The number of hydrogen-bond acceptors (Lipinski definition) is 2. The summed E-state index contributed by atoms with van der Waals surface area (Å²) in [6.45, 7) is 6.46. The lowest BCUT2D eigenvalue weighted by Gasteiger charge is -2.25. The van der Waals surface area contributed by atoms with Crippen LogP contribution in [0.4, 0.5) is 4.79 Å². The molecule has 2 atom stereocenters. The summed E-state index contributed by atoms with van der Waals surface area (Å²) in [5, 5.41) is 21.7. The molecule has 0 heterocycles. The Kier molecular flexibility index (Phi) is 6.02. The third-order valence-electron chi connectivity index (χ3n) is 3.27. The highest BCUT2D eigenvalue weighted by Gasteiger charge is 2.23. The number of aliphatic hydroxyl groups excluding tert-OH is 1. The van der Waals surface area contributed by atoms with Crippen molar-refractivity contribution in [3.05, 3.63) is 35.9 Å². The zero-order valence-electron chi connectivity index (χ0n) is 12.5. The van der Waals surface area contributed by atoms with Crippen molar-refractivity contribution in [2.24, 2.45) is 5.41 Å².